The largest absolute Gasteiger partial charge is 0.491 e. The first-order chi connectivity index (χ1) is 14.6. The predicted molar refractivity (Wildman–Crippen MR) is 112 cm³/mol. The Morgan fingerprint density at radius 3 is 2.58 bits per heavy atom. The Balaban J connectivity index is 1.45. The van der Waals surface area contributed by atoms with Crippen molar-refractivity contribution >= 4 is 16.8 Å². The molecule has 0 radical (unpaired) electrons. The van der Waals surface area contributed by atoms with Crippen LogP contribution < -0.4 is 4.74 Å². The summed E-state index contributed by atoms with van der Waals surface area (Å²) < 4.78 is 43.1. The smallest absolute Gasteiger partial charge is 0.416 e. The Labute approximate surface area is 178 Å². The quantitative estimate of drug-likeness (QED) is 0.555. The van der Waals surface area contributed by atoms with E-state index in [1.54, 1.807) is 7.05 Å². The van der Waals surface area contributed by atoms with Gasteiger partial charge in [-0.3, -0.25) is 4.79 Å². The standard InChI is InChI=1S/C23H25F3N2O3/c1-15-3-9-20-16(12-27-21(20)11-15)4-10-22(30)28(2)13-18(29)14-31-19-7-5-17(6-8-19)23(24,25)26/h3,5-9,11-12,18,27,29H,4,10,13-14H2,1-2H3. The zero-order valence-corrected chi connectivity index (χ0v) is 17.4. The van der Waals surface area contributed by atoms with E-state index in [1.165, 1.54) is 17.0 Å². The molecular weight excluding hydrogens is 409 g/mol. The SMILES string of the molecule is Cc1ccc2c(CCC(=O)N(C)CC(O)COc3ccc(C(F)(F)F)cc3)c[nH]c2c1. The predicted octanol–water partition coefficient (Wildman–Crippen LogP) is 4.33. The zero-order valence-electron chi connectivity index (χ0n) is 17.4. The van der Waals surface area contributed by atoms with Gasteiger partial charge in [-0.15, -0.1) is 0 Å². The molecule has 0 fully saturated rings. The summed E-state index contributed by atoms with van der Waals surface area (Å²) in [6, 6.07) is 10.4. The van der Waals surface area contributed by atoms with Crippen LogP contribution in [0.4, 0.5) is 13.2 Å². The summed E-state index contributed by atoms with van der Waals surface area (Å²) in [5.74, 6) is 0.102. The number of benzene rings is 2. The van der Waals surface area contributed by atoms with Crippen LogP contribution in [0.25, 0.3) is 10.9 Å². The highest BCUT2D eigenvalue weighted by atomic mass is 19.4. The van der Waals surface area contributed by atoms with Gasteiger partial charge in [0.15, 0.2) is 0 Å². The molecule has 2 N–H and O–H groups in total. The first-order valence-corrected chi connectivity index (χ1v) is 9.92. The van der Waals surface area contributed by atoms with Crippen LogP contribution >= 0.6 is 0 Å². The summed E-state index contributed by atoms with van der Waals surface area (Å²) in [5.41, 5.74) is 2.48. The molecule has 1 atom stereocenters. The number of halogens is 3. The topological polar surface area (TPSA) is 65.6 Å². The van der Waals surface area contributed by atoms with Crippen LogP contribution in [0, 0.1) is 6.92 Å². The molecule has 0 aliphatic carbocycles. The number of amides is 1. The van der Waals surface area contributed by atoms with Gasteiger partial charge in [-0.05, 0) is 54.8 Å². The Hall–Kier alpha value is -3.00. The fourth-order valence-corrected chi connectivity index (χ4v) is 3.34. The minimum Gasteiger partial charge on any atom is -0.491 e. The van der Waals surface area contributed by atoms with Crippen molar-refractivity contribution in [2.45, 2.75) is 32.0 Å². The maximum atomic E-state index is 12.6. The number of aromatic amines is 1. The number of aliphatic hydroxyl groups is 1. The lowest BCUT2D eigenvalue weighted by Gasteiger charge is -2.21. The van der Waals surface area contributed by atoms with Gasteiger partial charge in [-0.1, -0.05) is 12.1 Å². The van der Waals surface area contributed by atoms with Gasteiger partial charge in [0.1, 0.15) is 18.5 Å². The molecule has 0 bridgehead atoms. The van der Waals surface area contributed by atoms with E-state index in [2.05, 4.69) is 11.1 Å². The summed E-state index contributed by atoms with van der Waals surface area (Å²) in [5, 5.41) is 11.2. The van der Waals surface area contributed by atoms with Gasteiger partial charge in [0, 0.05) is 37.1 Å². The maximum absolute atomic E-state index is 12.6. The molecule has 8 heteroatoms. The Kier molecular flexibility index (Phi) is 6.90. The van der Waals surface area contributed by atoms with E-state index in [4.69, 9.17) is 4.74 Å². The number of alkyl halides is 3. The van der Waals surface area contributed by atoms with Gasteiger partial charge in [0.25, 0.3) is 0 Å². The van der Waals surface area contributed by atoms with Crippen molar-refractivity contribution < 1.29 is 27.8 Å². The monoisotopic (exact) mass is 434 g/mol. The van der Waals surface area contributed by atoms with Crippen molar-refractivity contribution in [3.05, 3.63) is 65.4 Å². The molecule has 3 rings (SSSR count). The van der Waals surface area contributed by atoms with Crippen LogP contribution in [0.15, 0.2) is 48.7 Å². The van der Waals surface area contributed by atoms with Gasteiger partial charge < -0.3 is 19.7 Å². The molecule has 31 heavy (non-hydrogen) atoms. The van der Waals surface area contributed by atoms with Crippen LogP contribution in [0.3, 0.4) is 0 Å². The Bertz CT molecular complexity index is 1030. The second kappa shape index (κ2) is 9.43. The molecule has 0 spiro atoms. The Morgan fingerprint density at radius 2 is 1.90 bits per heavy atom. The van der Waals surface area contributed by atoms with Crippen molar-refractivity contribution in [3.63, 3.8) is 0 Å². The lowest BCUT2D eigenvalue weighted by Crippen LogP contribution is -2.37. The molecule has 1 aromatic heterocycles. The van der Waals surface area contributed by atoms with Crippen LogP contribution in [0.1, 0.15) is 23.1 Å². The first-order valence-electron chi connectivity index (χ1n) is 9.92. The molecule has 166 valence electrons. The number of carbonyl (C=O) groups is 1. The van der Waals surface area contributed by atoms with E-state index in [0.29, 0.717) is 12.8 Å². The number of carbonyl (C=O) groups excluding carboxylic acids is 1. The van der Waals surface area contributed by atoms with Crippen molar-refractivity contribution in [3.8, 4) is 5.75 Å². The average Bonchev–Trinajstić information content (AvgIpc) is 3.12. The summed E-state index contributed by atoms with van der Waals surface area (Å²) in [7, 11) is 1.60. The lowest BCUT2D eigenvalue weighted by atomic mass is 10.1. The van der Waals surface area contributed by atoms with Gasteiger partial charge in [-0.25, -0.2) is 0 Å². The van der Waals surface area contributed by atoms with Crippen LogP contribution in [0.2, 0.25) is 0 Å². The molecule has 1 heterocycles. The molecule has 2 aromatic carbocycles. The van der Waals surface area contributed by atoms with E-state index in [1.807, 2.05) is 25.3 Å². The lowest BCUT2D eigenvalue weighted by molar-refractivity contribution is -0.137. The highest BCUT2D eigenvalue weighted by molar-refractivity contribution is 5.84. The van der Waals surface area contributed by atoms with Gasteiger partial charge in [0.05, 0.1) is 5.56 Å². The van der Waals surface area contributed by atoms with Crippen LogP contribution in [0.5, 0.6) is 5.75 Å². The van der Waals surface area contributed by atoms with Gasteiger partial charge in [-0.2, -0.15) is 13.2 Å². The first kappa shape index (κ1) is 22.7. The van der Waals surface area contributed by atoms with Crippen molar-refractivity contribution in [1.29, 1.82) is 0 Å². The summed E-state index contributed by atoms with van der Waals surface area (Å²) >= 11 is 0. The van der Waals surface area contributed by atoms with E-state index >= 15 is 0 Å². The number of aliphatic hydroxyl groups excluding tert-OH is 1. The minimum atomic E-state index is -4.41. The number of aryl methyl sites for hydroxylation is 2. The van der Waals surface area contributed by atoms with E-state index in [9.17, 15) is 23.1 Å². The number of hydrogen-bond acceptors (Lipinski definition) is 3. The summed E-state index contributed by atoms with van der Waals surface area (Å²) in [4.78, 5) is 17.1. The van der Waals surface area contributed by atoms with Crippen LogP contribution in [-0.4, -0.2) is 47.2 Å². The summed E-state index contributed by atoms with van der Waals surface area (Å²) in [6.07, 6.45) is -2.60. The molecule has 0 saturated carbocycles. The summed E-state index contributed by atoms with van der Waals surface area (Å²) in [6.45, 7) is 1.95. The number of aromatic nitrogens is 1. The van der Waals surface area contributed by atoms with E-state index in [0.717, 1.165) is 34.2 Å². The minimum absolute atomic E-state index is 0.0621. The van der Waals surface area contributed by atoms with Gasteiger partial charge >= 0.3 is 6.18 Å². The average molecular weight is 434 g/mol. The number of likely N-dealkylation sites (N-methyl/N-ethyl adjacent to an activating group) is 1. The number of ether oxygens (including phenoxy) is 1. The van der Waals surface area contributed by atoms with Crippen molar-refractivity contribution in [2.24, 2.45) is 0 Å². The third-order valence-corrected chi connectivity index (χ3v) is 5.07. The third kappa shape index (κ3) is 6.01. The highest BCUT2D eigenvalue weighted by Crippen LogP contribution is 2.30. The number of hydrogen-bond donors (Lipinski definition) is 2. The van der Waals surface area contributed by atoms with Crippen LogP contribution in [-0.2, 0) is 17.4 Å². The zero-order chi connectivity index (χ0) is 22.6. The fraction of sp³-hybridized carbons (Fsp3) is 0.348. The van der Waals surface area contributed by atoms with Crippen molar-refractivity contribution in [2.75, 3.05) is 20.2 Å². The third-order valence-electron chi connectivity index (χ3n) is 5.07. The molecule has 1 unspecified atom stereocenters. The number of nitrogens with zero attached hydrogens (tertiary/aromatic N) is 1. The normalized spacial score (nSPS) is 12.7. The second-order valence-electron chi connectivity index (χ2n) is 7.62. The second-order valence-corrected chi connectivity index (χ2v) is 7.62. The Morgan fingerprint density at radius 1 is 1.19 bits per heavy atom. The highest BCUT2D eigenvalue weighted by Gasteiger charge is 2.30. The molecular formula is C23H25F3N2O3. The molecule has 0 aliphatic rings. The molecule has 3 aromatic rings. The van der Waals surface area contributed by atoms with E-state index in [-0.39, 0.29) is 24.8 Å². The molecule has 0 saturated heterocycles. The number of rotatable bonds is 8. The molecule has 5 nitrogen and oxygen atoms in total. The van der Waals surface area contributed by atoms with Crippen molar-refractivity contribution in [1.82, 2.24) is 9.88 Å². The van der Waals surface area contributed by atoms with E-state index < -0.39 is 17.8 Å². The number of H-pyrrole nitrogens is 1. The maximum Gasteiger partial charge on any atom is 0.416 e. The van der Waals surface area contributed by atoms with Gasteiger partial charge in [0.2, 0.25) is 5.91 Å². The number of nitrogens with one attached hydrogen (secondary N) is 1. The number of fused-ring (bicyclic) bond motifs is 1. The molecule has 0 aliphatic heterocycles. The molecule has 1 amide bonds. The fourth-order valence-electron chi connectivity index (χ4n) is 3.34.